The number of hydrogen-bond acceptors (Lipinski definition) is 9. The molecule has 4 rings (SSSR count). The summed E-state index contributed by atoms with van der Waals surface area (Å²) < 4.78 is 24.0. The van der Waals surface area contributed by atoms with E-state index in [0.717, 1.165) is 28.5 Å². The van der Waals surface area contributed by atoms with Gasteiger partial charge in [0.15, 0.2) is 11.2 Å². The number of carbonyl (C=O) groups excluding carboxylic acids is 1. The zero-order chi connectivity index (χ0) is 26.9. The first kappa shape index (κ1) is 26.9. The maximum Gasteiger partial charge on any atom is 0.469 e. The molecular weight excluding hydrogens is 507 g/mol. The minimum Gasteiger partial charge on any atom is -0.394 e. The first-order valence-electron chi connectivity index (χ1n) is 11.7. The molecule has 15 heteroatoms. The molecule has 2 aromatic heterocycles. The van der Waals surface area contributed by atoms with E-state index in [1.54, 1.807) is 0 Å². The minimum atomic E-state index is -4.83. The number of nitrogens with zero attached hydrogens (tertiary/aromatic N) is 4. The Bertz CT molecular complexity index is 1390. The van der Waals surface area contributed by atoms with Gasteiger partial charge in [-0.2, -0.15) is 4.98 Å². The number of amides is 1. The van der Waals surface area contributed by atoms with Gasteiger partial charge < -0.3 is 30.7 Å². The van der Waals surface area contributed by atoms with Crippen LogP contribution in [-0.2, 0) is 38.0 Å². The minimum absolute atomic E-state index is 0.0501. The fraction of sp³-hybridized carbons (Fsp3) is 0.455. The molecule has 0 bridgehead atoms. The highest BCUT2D eigenvalue weighted by Gasteiger charge is 2.41. The predicted molar refractivity (Wildman–Crippen MR) is 133 cm³/mol. The van der Waals surface area contributed by atoms with Crippen molar-refractivity contribution in [2.45, 2.75) is 58.1 Å². The number of nitrogens with one attached hydrogen (secondary N) is 1. The molecule has 0 spiro atoms. The van der Waals surface area contributed by atoms with Gasteiger partial charge in [-0.1, -0.05) is 32.0 Å². The van der Waals surface area contributed by atoms with Crippen molar-refractivity contribution in [2.24, 2.45) is 0 Å². The maximum atomic E-state index is 13.2. The number of nitrogen functional groups attached to an aromatic ring is 1. The third-order valence-corrected chi connectivity index (χ3v) is 6.77. The normalized spacial score (nSPS) is 20.0. The van der Waals surface area contributed by atoms with Crippen LogP contribution in [-0.4, -0.2) is 58.7 Å². The summed E-state index contributed by atoms with van der Waals surface area (Å²) in [4.78, 5) is 52.7. The van der Waals surface area contributed by atoms with E-state index in [1.165, 1.54) is 10.9 Å². The fourth-order valence-electron chi connectivity index (χ4n) is 4.43. The Morgan fingerprint density at radius 2 is 1.97 bits per heavy atom. The Morgan fingerprint density at radius 1 is 1.30 bits per heavy atom. The van der Waals surface area contributed by atoms with Crippen LogP contribution in [0.2, 0.25) is 0 Å². The fourth-order valence-corrected chi connectivity index (χ4v) is 5.00. The largest absolute Gasteiger partial charge is 0.469 e. The quantitative estimate of drug-likeness (QED) is 0.241. The predicted octanol–water partition coefficient (Wildman–Crippen LogP) is 0.696. The number of phosphoric ester groups is 1. The number of imidazole rings is 1. The number of aliphatic hydroxyl groups excluding tert-OH is 1. The van der Waals surface area contributed by atoms with Crippen LogP contribution in [0.15, 0.2) is 29.3 Å². The molecule has 0 unspecified atom stereocenters. The van der Waals surface area contributed by atoms with Crippen molar-refractivity contribution in [3.05, 3.63) is 46.0 Å². The number of para-hydroxylation sites is 1. The molecular formula is C22H29N6O8P. The first-order chi connectivity index (χ1) is 17.6. The molecule has 1 fully saturated rings. The molecule has 3 aromatic rings. The average molecular weight is 536 g/mol. The number of fused-ring (bicyclic) bond motifs is 1. The van der Waals surface area contributed by atoms with Crippen molar-refractivity contribution in [1.82, 2.24) is 19.1 Å². The number of benzene rings is 1. The lowest BCUT2D eigenvalue weighted by molar-refractivity contribution is -0.116. The summed E-state index contributed by atoms with van der Waals surface area (Å²) in [6, 6.07) is 5.79. The van der Waals surface area contributed by atoms with E-state index >= 15 is 0 Å². The average Bonchev–Trinajstić information content (AvgIpc) is 3.44. The SMILES string of the molecule is CCc1cccc(CC)c1NC(=O)Cn1c(N)nc2c(ncn2[C@H]2C[C@H](OP(=O)(O)O)[C@@H](CO)O2)c1=O. The number of nitrogens with two attached hydrogens (primary N) is 1. The monoisotopic (exact) mass is 536 g/mol. The van der Waals surface area contributed by atoms with Crippen molar-refractivity contribution >= 4 is 36.5 Å². The lowest BCUT2D eigenvalue weighted by Crippen LogP contribution is -2.31. The zero-order valence-electron chi connectivity index (χ0n) is 20.3. The number of aryl methyl sites for hydroxylation is 2. The van der Waals surface area contributed by atoms with Crippen molar-refractivity contribution in [2.75, 3.05) is 17.7 Å². The van der Waals surface area contributed by atoms with Crippen LogP contribution in [0.1, 0.15) is 37.6 Å². The highest BCUT2D eigenvalue weighted by Crippen LogP contribution is 2.43. The van der Waals surface area contributed by atoms with Gasteiger partial charge in [-0.3, -0.25) is 23.2 Å². The van der Waals surface area contributed by atoms with Crippen LogP contribution in [0.3, 0.4) is 0 Å². The molecule has 1 aliphatic heterocycles. The number of phosphoric acid groups is 1. The summed E-state index contributed by atoms with van der Waals surface area (Å²) in [5.74, 6) is -0.680. The molecule has 3 atom stereocenters. The Labute approximate surface area is 211 Å². The molecule has 0 saturated carbocycles. The smallest absolute Gasteiger partial charge is 0.394 e. The highest BCUT2D eigenvalue weighted by atomic mass is 31.2. The number of aliphatic hydroxyl groups is 1. The van der Waals surface area contributed by atoms with Gasteiger partial charge in [0, 0.05) is 12.1 Å². The molecule has 0 aliphatic carbocycles. The van der Waals surface area contributed by atoms with Crippen molar-refractivity contribution < 1.29 is 33.5 Å². The van der Waals surface area contributed by atoms with E-state index in [-0.39, 0.29) is 30.1 Å². The maximum absolute atomic E-state index is 13.2. The number of aromatic nitrogens is 4. The summed E-state index contributed by atoms with van der Waals surface area (Å²) in [5, 5.41) is 12.4. The van der Waals surface area contributed by atoms with E-state index in [1.807, 2.05) is 32.0 Å². The van der Waals surface area contributed by atoms with Gasteiger partial charge in [-0.15, -0.1) is 0 Å². The van der Waals surface area contributed by atoms with Crippen LogP contribution < -0.4 is 16.6 Å². The number of ether oxygens (including phenoxy) is 1. The van der Waals surface area contributed by atoms with Crippen molar-refractivity contribution in [3.8, 4) is 0 Å². The van der Waals surface area contributed by atoms with Crippen LogP contribution in [0, 0.1) is 0 Å². The van der Waals surface area contributed by atoms with Gasteiger partial charge in [0.25, 0.3) is 5.56 Å². The van der Waals surface area contributed by atoms with Crippen LogP contribution in [0.25, 0.3) is 11.2 Å². The molecule has 6 N–H and O–H groups in total. The van der Waals surface area contributed by atoms with E-state index in [9.17, 15) is 19.3 Å². The van der Waals surface area contributed by atoms with Gasteiger partial charge in [-0.05, 0) is 24.0 Å². The molecule has 37 heavy (non-hydrogen) atoms. The Hall–Kier alpha value is -3.13. The van der Waals surface area contributed by atoms with Crippen LogP contribution in [0.5, 0.6) is 0 Å². The highest BCUT2D eigenvalue weighted by molar-refractivity contribution is 7.46. The zero-order valence-corrected chi connectivity index (χ0v) is 21.2. The first-order valence-corrected chi connectivity index (χ1v) is 13.2. The molecule has 1 aliphatic rings. The standard InChI is InChI=1S/C22H29N6O8P/c1-3-12-6-5-7-13(4-2)18(12)25-16(30)9-27-21(31)19-20(26-22(27)23)28(11-24-19)17-8-14(15(10-29)35-17)36-37(32,33)34/h5-7,11,14-15,17,29H,3-4,8-10H2,1-2H3,(H2,23,26)(H,25,30)(H2,32,33,34)/t14-,15+,17+/m0/s1. The Balaban J connectivity index is 1.60. The molecule has 14 nitrogen and oxygen atoms in total. The van der Waals surface area contributed by atoms with E-state index in [2.05, 4.69) is 15.3 Å². The molecule has 0 radical (unpaired) electrons. The van der Waals surface area contributed by atoms with E-state index in [4.69, 9.17) is 24.8 Å². The number of carbonyl (C=O) groups is 1. The van der Waals surface area contributed by atoms with Gasteiger partial charge in [0.1, 0.15) is 25.0 Å². The molecule has 1 amide bonds. The topological polar surface area (TPSA) is 204 Å². The van der Waals surface area contributed by atoms with Crippen molar-refractivity contribution in [3.63, 3.8) is 0 Å². The van der Waals surface area contributed by atoms with Crippen LogP contribution >= 0.6 is 7.82 Å². The lowest BCUT2D eigenvalue weighted by atomic mass is 10.0. The molecule has 200 valence electrons. The second kappa shape index (κ2) is 10.7. The summed E-state index contributed by atoms with van der Waals surface area (Å²) in [5.41, 5.74) is 8.05. The Morgan fingerprint density at radius 3 is 2.57 bits per heavy atom. The van der Waals surface area contributed by atoms with Crippen LogP contribution in [0.4, 0.5) is 11.6 Å². The van der Waals surface area contributed by atoms with E-state index < -0.39 is 44.3 Å². The van der Waals surface area contributed by atoms with Gasteiger partial charge >= 0.3 is 7.82 Å². The third kappa shape index (κ3) is 5.59. The summed E-state index contributed by atoms with van der Waals surface area (Å²) in [6.45, 7) is 3.04. The summed E-state index contributed by atoms with van der Waals surface area (Å²) in [7, 11) is -4.83. The van der Waals surface area contributed by atoms with Gasteiger partial charge in [-0.25, -0.2) is 9.55 Å². The lowest BCUT2D eigenvalue weighted by Gasteiger charge is -2.16. The number of hydrogen-bond donors (Lipinski definition) is 5. The third-order valence-electron chi connectivity index (χ3n) is 6.22. The Kier molecular flexibility index (Phi) is 7.78. The van der Waals surface area contributed by atoms with Gasteiger partial charge in [0.2, 0.25) is 11.9 Å². The second-order valence-corrected chi connectivity index (χ2v) is 9.77. The molecule has 1 aromatic carbocycles. The molecule has 1 saturated heterocycles. The van der Waals surface area contributed by atoms with E-state index in [0.29, 0.717) is 5.69 Å². The summed E-state index contributed by atoms with van der Waals surface area (Å²) in [6.07, 6.45) is -0.349. The summed E-state index contributed by atoms with van der Waals surface area (Å²) >= 11 is 0. The second-order valence-electron chi connectivity index (χ2n) is 8.57. The van der Waals surface area contributed by atoms with Crippen molar-refractivity contribution in [1.29, 1.82) is 0 Å². The number of rotatable bonds is 9. The number of anilines is 2. The molecule has 3 heterocycles. The van der Waals surface area contributed by atoms with Gasteiger partial charge in [0.05, 0.1) is 12.9 Å².